The molecule has 0 N–H and O–H groups in total. The van der Waals surface area contributed by atoms with Crippen LogP contribution in [-0.2, 0) is 57.0 Å². The minimum atomic E-state index is -0.394. The van der Waals surface area contributed by atoms with Gasteiger partial charge in [-0.1, -0.05) is 70.5 Å². The second-order valence-corrected chi connectivity index (χ2v) is 13.7. The number of ether oxygens (including phenoxy) is 2. The van der Waals surface area contributed by atoms with E-state index in [-0.39, 0.29) is 51.9 Å². The van der Waals surface area contributed by atoms with Crippen molar-refractivity contribution in [1.29, 1.82) is 0 Å². The monoisotopic (exact) mass is 811 g/mol. The SMILES string of the molecule is [C-]#[N+]C[C@H]1CN(c2nc(OC[C@@H]3CCCN3C[CH2-])nc3c2CCN(c2cccc4cccc(Br)c24)C3)CCN1C(=O)OCc1ccccc1.[Y]. The fourth-order valence-corrected chi connectivity index (χ4v) is 7.95. The molecule has 50 heavy (non-hydrogen) atoms. The molecule has 0 aliphatic carbocycles. The maximum Gasteiger partial charge on any atom is 0.410 e. The van der Waals surface area contributed by atoms with Gasteiger partial charge in [-0.05, 0) is 48.9 Å². The second-order valence-electron chi connectivity index (χ2n) is 12.9. The number of aromatic nitrogens is 2. The van der Waals surface area contributed by atoms with E-state index in [0.717, 1.165) is 71.7 Å². The third kappa shape index (κ3) is 7.94. The Morgan fingerprint density at radius 3 is 2.60 bits per heavy atom. The van der Waals surface area contributed by atoms with Gasteiger partial charge in [-0.15, -0.1) is 6.54 Å². The number of fused-ring (bicyclic) bond motifs is 2. The molecule has 2 fully saturated rings. The zero-order valence-corrected chi connectivity index (χ0v) is 32.6. The Bertz CT molecular complexity index is 1840. The summed E-state index contributed by atoms with van der Waals surface area (Å²) >= 11 is 3.79. The van der Waals surface area contributed by atoms with E-state index in [4.69, 9.17) is 26.0 Å². The molecule has 0 unspecified atom stereocenters. The third-order valence-electron chi connectivity index (χ3n) is 9.91. The topological polar surface area (TPSA) is 78.6 Å². The van der Waals surface area contributed by atoms with Gasteiger partial charge in [0.15, 0.2) is 0 Å². The van der Waals surface area contributed by atoms with Crippen LogP contribution in [0.5, 0.6) is 6.01 Å². The number of benzene rings is 3. The van der Waals surface area contributed by atoms with Crippen LogP contribution in [0.2, 0.25) is 0 Å². The molecule has 1 amide bonds. The molecule has 3 aliphatic heterocycles. The molecule has 0 bridgehead atoms. The molecular weight excluding hydrogens is 771 g/mol. The van der Waals surface area contributed by atoms with Gasteiger partial charge in [-0.2, -0.15) is 9.97 Å². The van der Waals surface area contributed by atoms with Crippen LogP contribution in [0.4, 0.5) is 16.3 Å². The summed E-state index contributed by atoms with van der Waals surface area (Å²) in [6.45, 7) is 17.3. The number of carbonyl (C=O) groups is 1. The van der Waals surface area contributed by atoms with Crippen molar-refractivity contribution in [1.82, 2.24) is 19.8 Å². The van der Waals surface area contributed by atoms with Crippen molar-refractivity contribution in [3.05, 3.63) is 106 Å². The summed E-state index contributed by atoms with van der Waals surface area (Å²) in [6, 6.07) is 22.7. The van der Waals surface area contributed by atoms with Crippen LogP contribution >= 0.6 is 15.9 Å². The molecule has 4 heterocycles. The number of amides is 1. The van der Waals surface area contributed by atoms with E-state index >= 15 is 0 Å². The molecule has 2 saturated heterocycles. The quantitative estimate of drug-likeness (QED) is 0.181. The molecule has 1 radical (unpaired) electrons. The molecule has 10 nitrogen and oxygen atoms in total. The van der Waals surface area contributed by atoms with Crippen LogP contribution in [0.1, 0.15) is 29.7 Å². The van der Waals surface area contributed by atoms with E-state index in [1.165, 1.54) is 10.8 Å². The maximum absolute atomic E-state index is 13.3. The number of hydrogen-bond acceptors (Lipinski definition) is 8. The van der Waals surface area contributed by atoms with Gasteiger partial charge in [0.25, 0.3) is 0 Å². The minimum Gasteiger partial charge on any atom is -0.462 e. The summed E-state index contributed by atoms with van der Waals surface area (Å²) in [5.41, 5.74) is 4.14. The van der Waals surface area contributed by atoms with Crippen LogP contribution in [0.15, 0.2) is 71.2 Å². The molecule has 4 aromatic rings. The van der Waals surface area contributed by atoms with Crippen LogP contribution in [0, 0.1) is 13.5 Å². The van der Waals surface area contributed by atoms with Crippen molar-refractivity contribution in [2.75, 3.05) is 62.2 Å². The predicted molar refractivity (Wildman–Crippen MR) is 195 cm³/mol. The summed E-state index contributed by atoms with van der Waals surface area (Å²) < 4.78 is 13.1. The Labute approximate surface area is 327 Å². The first-order chi connectivity index (χ1) is 24.0. The molecule has 7 rings (SSSR count). The fraction of sp³-hybridized carbons (Fsp3) is 0.395. The predicted octanol–water partition coefficient (Wildman–Crippen LogP) is 6.38. The normalized spacial score (nSPS) is 19.1. The molecule has 257 valence electrons. The van der Waals surface area contributed by atoms with Crippen molar-refractivity contribution in [3.63, 3.8) is 0 Å². The Kier molecular flexibility index (Phi) is 12.3. The zero-order valence-electron chi connectivity index (χ0n) is 28.2. The van der Waals surface area contributed by atoms with E-state index < -0.39 is 6.09 Å². The van der Waals surface area contributed by atoms with Crippen molar-refractivity contribution < 1.29 is 47.0 Å². The second kappa shape index (κ2) is 16.8. The van der Waals surface area contributed by atoms with Gasteiger partial charge in [0, 0.05) is 86.0 Å². The van der Waals surface area contributed by atoms with Gasteiger partial charge < -0.3 is 35.9 Å². The molecule has 1 aromatic heterocycles. The molecule has 3 aromatic carbocycles. The van der Waals surface area contributed by atoms with Crippen molar-refractivity contribution in [2.45, 2.75) is 44.5 Å². The largest absolute Gasteiger partial charge is 0.462 e. The number of nitrogens with zero attached hydrogens (tertiary/aromatic N) is 7. The van der Waals surface area contributed by atoms with Crippen LogP contribution in [0.3, 0.4) is 0 Å². The molecule has 2 atom stereocenters. The Morgan fingerprint density at radius 2 is 1.80 bits per heavy atom. The molecule has 0 saturated carbocycles. The summed E-state index contributed by atoms with van der Waals surface area (Å²) in [5, 5.41) is 2.37. The zero-order chi connectivity index (χ0) is 33.7. The van der Waals surface area contributed by atoms with E-state index in [9.17, 15) is 4.79 Å². The first kappa shape index (κ1) is 36.5. The maximum atomic E-state index is 13.3. The molecular formula is C38H41BrN7O3Y-. The number of halogens is 1. The summed E-state index contributed by atoms with van der Waals surface area (Å²) in [7, 11) is 0. The first-order valence-corrected chi connectivity index (χ1v) is 17.8. The fourth-order valence-electron chi connectivity index (χ4n) is 7.36. The summed E-state index contributed by atoms with van der Waals surface area (Å²) in [4.78, 5) is 35.7. The van der Waals surface area contributed by atoms with Crippen molar-refractivity contribution in [2.24, 2.45) is 0 Å². The van der Waals surface area contributed by atoms with E-state index in [2.05, 4.69) is 78.8 Å². The minimum absolute atomic E-state index is 0. The van der Waals surface area contributed by atoms with Gasteiger partial charge in [0.1, 0.15) is 25.1 Å². The average Bonchev–Trinajstić information content (AvgIpc) is 3.60. The van der Waals surface area contributed by atoms with E-state index in [1.807, 2.05) is 30.3 Å². The first-order valence-electron chi connectivity index (χ1n) is 17.1. The number of rotatable bonds is 9. The van der Waals surface area contributed by atoms with E-state index in [1.54, 1.807) is 4.90 Å². The van der Waals surface area contributed by atoms with Crippen molar-refractivity contribution in [3.8, 4) is 6.01 Å². The number of piperazine rings is 1. The Balaban J connectivity index is 0.00000432. The van der Waals surface area contributed by atoms with Gasteiger partial charge in [0.05, 0.1) is 12.2 Å². The van der Waals surface area contributed by atoms with Crippen LogP contribution < -0.4 is 14.5 Å². The molecule has 3 aliphatic rings. The molecule has 0 spiro atoms. The number of anilines is 2. The van der Waals surface area contributed by atoms with Gasteiger partial charge in [0.2, 0.25) is 6.54 Å². The van der Waals surface area contributed by atoms with Gasteiger partial charge >= 0.3 is 12.1 Å². The number of carbonyl (C=O) groups excluding carboxylic acids is 1. The molecule has 12 heteroatoms. The smallest absolute Gasteiger partial charge is 0.410 e. The van der Waals surface area contributed by atoms with E-state index in [0.29, 0.717) is 44.8 Å². The standard InChI is InChI=1S/C38H41BrN7O3.Y/c1-3-43-18-9-14-29(43)26-48-37-41-33-24-44(34-16-8-13-28-12-7-15-32(39)35(28)34)19-17-31(33)36(42-37)45-20-21-46(30(23-45)22-40-2)38(47)49-25-27-10-5-4-6-11-27;/h4-8,10-13,15-16,29-30H,1,3,9,14,17-26H2;/q-1;/t29-,30-;/m0./s1. The van der Waals surface area contributed by atoms with Gasteiger partial charge in [-0.3, -0.25) is 4.90 Å². The van der Waals surface area contributed by atoms with Crippen LogP contribution in [0.25, 0.3) is 15.6 Å². The summed E-state index contributed by atoms with van der Waals surface area (Å²) in [5.74, 6) is 0.839. The van der Waals surface area contributed by atoms with Crippen LogP contribution in [-0.4, -0.2) is 90.4 Å². The summed E-state index contributed by atoms with van der Waals surface area (Å²) in [6.07, 6.45) is 2.57. The van der Waals surface area contributed by atoms with Gasteiger partial charge in [-0.25, -0.2) is 11.4 Å². The number of hydrogen-bond donors (Lipinski definition) is 0. The Morgan fingerprint density at radius 1 is 0.980 bits per heavy atom. The number of likely N-dealkylation sites (tertiary alicyclic amines) is 1. The van der Waals surface area contributed by atoms with Crippen molar-refractivity contribution >= 4 is 44.3 Å². The third-order valence-corrected chi connectivity index (χ3v) is 10.6. The average molecular weight is 813 g/mol. The Hall–Kier alpha value is -3.30.